The van der Waals surface area contributed by atoms with E-state index in [1.807, 2.05) is 42.5 Å². The fourth-order valence-electron chi connectivity index (χ4n) is 3.34. The van der Waals surface area contributed by atoms with Crippen LogP contribution in [-0.2, 0) is 11.2 Å². The van der Waals surface area contributed by atoms with Crippen LogP contribution in [0.5, 0.6) is 0 Å². The van der Waals surface area contributed by atoms with Crippen LogP contribution in [0.1, 0.15) is 11.3 Å². The van der Waals surface area contributed by atoms with E-state index < -0.39 is 0 Å². The molecule has 0 aliphatic rings. The van der Waals surface area contributed by atoms with Gasteiger partial charge in [-0.3, -0.25) is 9.89 Å². The van der Waals surface area contributed by atoms with Crippen LogP contribution in [0.3, 0.4) is 0 Å². The third kappa shape index (κ3) is 4.79. The highest BCUT2D eigenvalue weighted by Crippen LogP contribution is 2.24. The summed E-state index contributed by atoms with van der Waals surface area (Å²) in [7, 11) is 0. The van der Waals surface area contributed by atoms with E-state index in [0.717, 1.165) is 27.8 Å². The standard InChI is InChI=1S/C23H20N8O2/c1-14-11-21(31-33-14)28-22(32)12-15-5-7-16(8-6-15)26-23-24-10-9-20(29-23)27-18-3-2-4-19-17(18)13-25-30-19/h2-11,13H,12H2,1H3,(H,25,30)(H,28,31,32)(H2,24,26,27,29). The lowest BCUT2D eigenvalue weighted by molar-refractivity contribution is -0.115. The highest BCUT2D eigenvalue weighted by Gasteiger charge is 2.08. The van der Waals surface area contributed by atoms with Crippen LogP contribution in [0.4, 0.5) is 29.0 Å². The van der Waals surface area contributed by atoms with Gasteiger partial charge in [0.1, 0.15) is 11.6 Å². The second-order valence-corrected chi connectivity index (χ2v) is 7.40. The predicted molar refractivity (Wildman–Crippen MR) is 125 cm³/mol. The number of nitrogens with zero attached hydrogens (tertiary/aromatic N) is 4. The van der Waals surface area contributed by atoms with Crippen LogP contribution < -0.4 is 16.0 Å². The summed E-state index contributed by atoms with van der Waals surface area (Å²) < 4.78 is 4.95. The predicted octanol–water partition coefficient (Wildman–Crippen LogP) is 4.32. The van der Waals surface area contributed by atoms with Gasteiger partial charge in [0.05, 0.1) is 23.8 Å². The van der Waals surface area contributed by atoms with Gasteiger partial charge in [0.2, 0.25) is 11.9 Å². The number of aromatic amines is 1. The van der Waals surface area contributed by atoms with E-state index in [1.54, 1.807) is 31.5 Å². The molecule has 5 rings (SSSR count). The Bertz CT molecular complexity index is 1410. The number of rotatable bonds is 7. The Morgan fingerprint density at radius 3 is 2.76 bits per heavy atom. The first kappa shape index (κ1) is 20.2. The minimum absolute atomic E-state index is 0.168. The summed E-state index contributed by atoms with van der Waals surface area (Å²) in [6, 6.07) is 16.8. The van der Waals surface area contributed by atoms with Crippen molar-refractivity contribution in [2.45, 2.75) is 13.3 Å². The molecule has 0 fully saturated rings. The molecule has 33 heavy (non-hydrogen) atoms. The van der Waals surface area contributed by atoms with Crippen LogP contribution in [0.2, 0.25) is 0 Å². The molecule has 3 aromatic heterocycles. The summed E-state index contributed by atoms with van der Waals surface area (Å²) in [6.07, 6.45) is 3.67. The Morgan fingerprint density at radius 1 is 1.06 bits per heavy atom. The molecule has 5 aromatic rings. The van der Waals surface area contributed by atoms with Gasteiger partial charge in [-0.1, -0.05) is 23.4 Å². The molecule has 0 saturated heterocycles. The normalized spacial score (nSPS) is 10.8. The number of nitrogens with one attached hydrogen (secondary N) is 4. The SMILES string of the molecule is Cc1cc(NC(=O)Cc2ccc(Nc3nccc(Nc4cccc5[nH]ncc45)n3)cc2)no1. The Morgan fingerprint density at radius 2 is 1.94 bits per heavy atom. The van der Waals surface area contributed by atoms with Crippen LogP contribution in [-0.4, -0.2) is 31.2 Å². The van der Waals surface area contributed by atoms with Crippen molar-refractivity contribution in [2.24, 2.45) is 0 Å². The quantitative estimate of drug-likeness (QED) is 0.294. The third-order valence-electron chi connectivity index (χ3n) is 4.87. The maximum Gasteiger partial charge on any atom is 0.230 e. The van der Waals surface area contributed by atoms with Gasteiger partial charge in [-0.2, -0.15) is 10.1 Å². The maximum absolute atomic E-state index is 12.2. The number of benzene rings is 2. The average Bonchev–Trinajstić information content (AvgIpc) is 3.45. The van der Waals surface area contributed by atoms with Gasteiger partial charge in [0.25, 0.3) is 0 Å². The van der Waals surface area contributed by atoms with Crippen molar-refractivity contribution in [1.82, 2.24) is 25.3 Å². The first-order valence-electron chi connectivity index (χ1n) is 10.2. The van der Waals surface area contributed by atoms with Gasteiger partial charge in [-0.15, -0.1) is 0 Å². The molecule has 0 atom stereocenters. The molecule has 4 N–H and O–H groups in total. The molecule has 1 amide bonds. The molecule has 0 radical (unpaired) electrons. The zero-order valence-corrected chi connectivity index (χ0v) is 17.7. The number of hydrogen-bond donors (Lipinski definition) is 4. The van der Waals surface area contributed by atoms with Crippen molar-refractivity contribution >= 4 is 45.8 Å². The number of anilines is 5. The fourth-order valence-corrected chi connectivity index (χ4v) is 3.34. The maximum atomic E-state index is 12.2. The Balaban J connectivity index is 1.22. The molecule has 10 heteroatoms. The van der Waals surface area contributed by atoms with Crippen molar-refractivity contribution in [3.8, 4) is 0 Å². The van der Waals surface area contributed by atoms with Crippen LogP contribution in [0, 0.1) is 6.92 Å². The highest BCUT2D eigenvalue weighted by molar-refractivity contribution is 5.92. The number of amides is 1. The van der Waals surface area contributed by atoms with E-state index in [-0.39, 0.29) is 12.3 Å². The zero-order chi connectivity index (χ0) is 22.6. The van der Waals surface area contributed by atoms with Crippen LogP contribution in [0.25, 0.3) is 10.9 Å². The second kappa shape index (κ2) is 8.79. The molecule has 0 aliphatic carbocycles. The number of fused-ring (bicyclic) bond motifs is 1. The first-order chi connectivity index (χ1) is 16.1. The van der Waals surface area contributed by atoms with Crippen LogP contribution in [0.15, 0.2) is 71.5 Å². The molecule has 2 aromatic carbocycles. The summed E-state index contributed by atoms with van der Waals surface area (Å²) in [5.41, 5.74) is 3.51. The van der Waals surface area contributed by atoms with Crippen molar-refractivity contribution in [1.29, 1.82) is 0 Å². The molecular weight excluding hydrogens is 420 g/mol. The molecule has 0 aliphatic heterocycles. The Labute approximate surface area is 188 Å². The minimum atomic E-state index is -0.168. The molecular formula is C23H20N8O2. The van der Waals surface area contributed by atoms with Gasteiger partial charge in [-0.05, 0) is 42.8 Å². The van der Waals surface area contributed by atoms with Crippen molar-refractivity contribution in [2.75, 3.05) is 16.0 Å². The highest BCUT2D eigenvalue weighted by atomic mass is 16.5. The number of carbonyl (C=O) groups excluding carboxylic acids is 1. The number of H-pyrrole nitrogens is 1. The second-order valence-electron chi connectivity index (χ2n) is 7.40. The first-order valence-corrected chi connectivity index (χ1v) is 10.2. The number of carbonyl (C=O) groups is 1. The van der Waals surface area contributed by atoms with E-state index in [1.165, 1.54) is 0 Å². The number of aromatic nitrogens is 5. The topological polar surface area (TPSA) is 134 Å². The van der Waals surface area contributed by atoms with Crippen molar-refractivity contribution < 1.29 is 9.32 Å². The van der Waals surface area contributed by atoms with Crippen LogP contribution >= 0.6 is 0 Å². The van der Waals surface area contributed by atoms with Gasteiger partial charge in [0, 0.05) is 23.3 Å². The molecule has 164 valence electrons. The third-order valence-corrected chi connectivity index (χ3v) is 4.87. The van der Waals surface area contributed by atoms with Gasteiger partial charge < -0.3 is 20.5 Å². The van der Waals surface area contributed by atoms with E-state index in [4.69, 9.17) is 4.52 Å². The summed E-state index contributed by atoms with van der Waals surface area (Å²) in [6.45, 7) is 1.77. The fraction of sp³-hybridized carbons (Fsp3) is 0.0870. The largest absolute Gasteiger partial charge is 0.360 e. The lowest BCUT2D eigenvalue weighted by atomic mass is 10.1. The van der Waals surface area contributed by atoms with E-state index in [2.05, 4.69) is 41.3 Å². The summed E-state index contributed by atoms with van der Waals surface area (Å²) >= 11 is 0. The van der Waals surface area contributed by atoms with Gasteiger partial charge in [0.15, 0.2) is 5.82 Å². The number of hydrogen-bond acceptors (Lipinski definition) is 8. The molecule has 3 heterocycles. The van der Waals surface area contributed by atoms with E-state index >= 15 is 0 Å². The summed E-state index contributed by atoms with van der Waals surface area (Å²) in [5.74, 6) is 1.98. The Kier molecular flexibility index (Phi) is 5.38. The molecule has 0 unspecified atom stereocenters. The minimum Gasteiger partial charge on any atom is -0.360 e. The smallest absolute Gasteiger partial charge is 0.230 e. The Hall–Kier alpha value is -4.73. The zero-order valence-electron chi connectivity index (χ0n) is 17.7. The lowest BCUT2D eigenvalue weighted by Gasteiger charge is -2.09. The summed E-state index contributed by atoms with van der Waals surface area (Å²) in [4.78, 5) is 21.0. The van der Waals surface area contributed by atoms with E-state index in [9.17, 15) is 4.79 Å². The molecule has 0 bridgehead atoms. The van der Waals surface area contributed by atoms with Gasteiger partial charge >= 0.3 is 0 Å². The van der Waals surface area contributed by atoms with Crippen molar-refractivity contribution in [3.63, 3.8) is 0 Å². The molecule has 0 saturated carbocycles. The molecule has 10 nitrogen and oxygen atoms in total. The lowest BCUT2D eigenvalue weighted by Crippen LogP contribution is -2.14. The number of aryl methyl sites for hydroxylation is 1. The van der Waals surface area contributed by atoms with Crippen molar-refractivity contribution in [3.05, 3.63) is 78.3 Å². The average molecular weight is 440 g/mol. The van der Waals surface area contributed by atoms with Gasteiger partial charge in [-0.25, -0.2) is 4.98 Å². The molecule has 0 spiro atoms. The van der Waals surface area contributed by atoms with E-state index in [0.29, 0.717) is 23.3 Å². The monoisotopic (exact) mass is 440 g/mol. The summed E-state index contributed by atoms with van der Waals surface area (Å²) in [5, 5.41) is 21.0.